The molecule has 0 saturated carbocycles. The fraction of sp³-hybridized carbons (Fsp3) is 0.273. The monoisotopic (exact) mass is 283 g/mol. The average molecular weight is 283 g/mol. The first-order chi connectivity index (χ1) is 8.73. The number of rotatable bonds is 3. The number of nitrogens with two attached hydrogens (primary N) is 3. The normalized spacial score (nSPS) is 12.5. The van der Waals surface area contributed by atoms with Crippen molar-refractivity contribution in [1.29, 1.82) is 0 Å². The van der Waals surface area contributed by atoms with Crippen LogP contribution in [0.15, 0.2) is 39.1 Å². The van der Waals surface area contributed by atoms with Gasteiger partial charge in [0.1, 0.15) is 0 Å². The summed E-state index contributed by atoms with van der Waals surface area (Å²) in [6.45, 7) is 3.25. The lowest BCUT2D eigenvalue weighted by molar-refractivity contribution is 0.587. The Hall–Kier alpha value is -2.09. The van der Waals surface area contributed by atoms with Crippen molar-refractivity contribution in [3.63, 3.8) is 0 Å². The summed E-state index contributed by atoms with van der Waals surface area (Å²) < 4.78 is 23.8. The number of aliphatic imine (C=N–C) groups is 2. The maximum Gasteiger partial charge on any atom is 0.223 e. The highest BCUT2D eigenvalue weighted by Crippen LogP contribution is 2.20. The molecule has 6 N–H and O–H groups in total. The quantitative estimate of drug-likeness (QED) is 0.533. The number of sulfone groups is 1. The minimum atomic E-state index is -3.29. The Kier molecular flexibility index (Phi) is 4.49. The Bertz CT molecular complexity index is 598. The summed E-state index contributed by atoms with van der Waals surface area (Å²) in [6, 6.07) is 6.00. The van der Waals surface area contributed by atoms with Gasteiger partial charge in [0.15, 0.2) is 15.8 Å². The Morgan fingerprint density at radius 1 is 1.11 bits per heavy atom. The summed E-state index contributed by atoms with van der Waals surface area (Å²) in [5.74, 6) is -0.292. The lowest BCUT2D eigenvalue weighted by atomic mass is 10.3. The zero-order valence-corrected chi connectivity index (χ0v) is 11.6. The molecule has 1 rings (SSSR count). The van der Waals surface area contributed by atoms with Gasteiger partial charge in [-0.25, -0.2) is 13.4 Å². The fourth-order valence-electron chi connectivity index (χ4n) is 1.27. The lowest BCUT2D eigenvalue weighted by Crippen LogP contribution is -2.26. The van der Waals surface area contributed by atoms with Crippen LogP contribution >= 0.6 is 0 Å². The van der Waals surface area contributed by atoms with E-state index in [1.165, 1.54) is 24.3 Å². The van der Waals surface area contributed by atoms with E-state index in [9.17, 15) is 8.42 Å². The van der Waals surface area contributed by atoms with Gasteiger partial charge < -0.3 is 17.2 Å². The van der Waals surface area contributed by atoms with Crippen LogP contribution in [-0.4, -0.2) is 25.6 Å². The summed E-state index contributed by atoms with van der Waals surface area (Å²) in [6.07, 6.45) is 0. The van der Waals surface area contributed by atoms with Gasteiger partial charge in [0.2, 0.25) is 5.96 Å². The standard InChI is InChI=1S/C11H17N5O2S/c1-7(2)19(17,18)9-5-3-8(4-6-9)15-11(14)16-10(12)13/h3-7H,1-2H3,(H6,12,13,14,15,16). The van der Waals surface area contributed by atoms with Gasteiger partial charge in [-0.05, 0) is 38.1 Å². The van der Waals surface area contributed by atoms with E-state index in [1.807, 2.05) is 0 Å². The molecule has 0 spiro atoms. The van der Waals surface area contributed by atoms with Gasteiger partial charge in [-0.1, -0.05) is 0 Å². The molecule has 0 aliphatic rings. The van der Waals surface area contributed by atoms with Crippen LogP contribution in [0.2, 0.25) is 0 Å². The van der Waals surface area contributed by atoms with Crippen LogP contribution in [0.3, 0.4) is 0 Å². The Morgan fingerprint density at radius 3 is 2.05 bits per heavy atom. The first kappa shape index (κ1) is 15.0. The topological polar surface area (TPSA) is 137 Å². The van der Waals surface area contributed by atoms with Crippen molar-refractivity contribution in [2.45, 2.75) is 24.0 Å². The Labute approximate surface area is 112 Å². The van der Waals surface area contributed by atoms with Gasteiger partial charge >= 0.3 is 0 Å². The van der Waals surface area contributed by atoms with Crippen LogP contribution in [0.25, 0.3) is 0 Å². The van der Waals surface area contributed by atoms with Crippen molar-refractivity contribution < 1.29 is 8.42 Å². The van der Waals surface area contributed by atoms with E-state index in [0.29, 0.717) is 5.69 Å². The summed E-state index contributed by atoms with van der Waals surface area (Å²) in [5, 5.41) is -0.478. The number of nitrogens with zero attached hydrogens (tertiary/aromatic N) is 2. The predicted molar refractivity (Wildman–Crippen MR) is 75.9 cm³/mol. The van der Waals surface area contributed by atoms with Gasteiger partial charge in [-0.2, -0.15) is 4.99 Å². The predicted octanol–water partition coefficient (Wildman–Crippen LogP) is 0.0883. The van der Waals surface area contributed by atoms with Gasteiger partial charge in [0, 0.05) is 0 Å². The molecule has 0 fully saturated rings. The van der Waals surface area contributed by atoms with E-state index in [-0.39, 0.29) is 16.8 Å². The minimum Gasteiger partial charge on any atom is -0.370 e. The molecule has 1 aromatic rings. The zero-order valence-electron chi connectivity index (χ0n) is 10.7. The molecular weight excluding hydrogens is 266 g/mol. The molecule has 0 radical (unpaired) electrons. The van der Waals surface area contributed by atoms with Crippen molar-refractivity contribution in [2.75, 3.05) is 0 Å². The molecule has 0 aliphatic heterocycles. The van der Waals surface area contributed by atoms with Crippen LogP contribution in [0.5, 0.6) is 0 Å². The fourth-order valence-corrected chi connectivity index (χ4v) is 2.33. The zero-order chi connectivity index (χ0) is 14.6. The minimum absolute atomic E-state index is 0.0977. The van der Waals surface area contributed by atoms with Crippen LogP contribution in [-0.2, 0) is 9.84 Å². The largest absolute Gasteiger partial charge is 0.370 e. The smallest absolute Gasteiger partial charge is 0.223 e. The molecule has 0 amide bonds. The maximum absolute atomic E-state index is 11.9. The van der Waals surface area contributed by atoms with Gasteiger partial charge in [0.25, 0.3) is 0 Å². The number of hydrogen-bond donors (Lipinski definition) is 3. The van der Waals surface area contributed by atoms with Crippen molar-refractivity contribution >= 4 is 27.4 Å². The lowest BCUT2D eigenvalue weighted by Gasteiger charge is -2.07. The summed E-state index contributed by atoms with van der Waals surface area (Å²) in [4.78, 5) is 7.71. The highest BCUT2D eigenvalue weighted by Gasteiger charge is 2.18. The molecule has 0 unspecified atom stereocenters. The first-order valence-corrected chi connectivity index (χ1v) is 7.06. The molecule has 0 bridgehead atoms. The van der Waals surface area contributed by atoms with Gasteiger partial charge in [-0.15, -0.1) is 0 Å². The van der Waals surface area contributed by atoms with Crippen molar-refractivity contribution in [1.82, 2.24) is 0 Å². The molecular formula is C11H17N5O2S. The van der Waals surface area contributed by atoms with Gasteiger partial charge in [-0.3, -0.25) is 0 Å². The van der Waals surface area contributed by atoms with Gasteiger partial charge in [0.05, 0.1) is 15.8 Å². The molecule has 0 aromatic heterocycles. The van der Waals surface area contributed by atoms with E-state index in [1.54, 1.807) is 13.8 Å². The number of hydrogen-bond acceptors (Lipinski definition) is 3. The van der Waals surface area contributed by atoms with E-state index < -0.39 is 15.1 Å². The molecule has 0 aliphatic carbocycles. The SMILES string of the molecule is CC(C)S(=O)(=O)c1ccc(N=C(N)N=C(N)N)cc1. The third-order valence-corrected chi connectivity index (χ3v) is 4.44. The molecule has 1 aromatic carbocycles. The highest BCUT2D eigenvalue weighted by molar-refractivity contribution is 7.92. The molecule has 0 atom stereocenters. The highest BCUT2D eigenvalue weighted by atomic mass is 32.2. The average Bonchev–Trinajstić information content (AvgIpc) is 2.28. The molecule has 0 heterocycles. The van der Waals surface area contributed by atoms with Crippen LogP contribution in [0.1, 0.15) is 13.8 Å². The van der Waals surface area contributed by atoms with E-state index >= 15 is 0 Å². The Balaban J connectivity index is 3.05. The number of guanidine groups is 2. The van der Waals surface area contributed by atoms with E-state index in [4.69, 9.17) is 17.2 Å². The molecule has 19 heavy (non-hydrogen) atoms. The number of benzene rings is 1. The third kappa shape index (κ3) is 3.95. The molecule has 8 heteroatoms. The second kappa shape index (κ2) is 5.70. The molecule has 0 saturated heterocycles. The van der Waals surface area contributed by atoms with Crippen LogP contribution in [0, 0.1) is 0 Å². The van der Waals surface area contributed by atoms with E-state index in [2.05, 4.69) is 9.98 Å². The summed E-state index contributed by atoms with van der Waals surface area (Å²) in [7, 11) is -3.29. The van der Waals surface area contributed by atoms with Crippen LogP contribution < -0.4 is 17.2 Å². The third-order valence-electron chi connectivity index (χ3n) is 2.27. The first-order valence-electron chi connectivity index (χ1n) is 5.51. The summed E-state index contributed by atoms with van der Waals surface area (Å²) >= 11 is 0. The Morgan fingerprint density at radius 2 is 1.63 bits per heavy atom. The van der Waals surface area contributed by atoms with Crippen molar-refractivity contribution in [3.8, 4) is 0 Å². The van der Waals surface area contributed by atoms with Crippen molar-refractivity contribution in [2.24, 2.45) is 27.2 Å². The molecule has 7 nitrogen and oxygen atoms in total. The molecule has 104 valence electrons. The summed E-state index contributed by atoms with van der Waals surface area (Å²) in [5.41, 5.74) is 16.2. The van der Waals surface area contributed by atoms with Crippen LogP contribution in [0.4, 0.5) is 5.69 Å². The second-order valence-electron chi connectivity index (χ2n) is 4.09. The van der Waals surface area contributed by atoms with E-state index in [0.717, 1.165) is 0 Å². The van der Waals surface area contributed by atoms with Crippen molar-refractivity contribution in [3.05, 3.63) is 24.3 Å². The second-order valence-corrected chi connectivity index (χ2v) is 6.60. The maximum atomic E-state index is 11.9.